The number of primary sulfonamides is 1. The summed E-state index contributed by atoms with van der Waals surface area (Å²) in [5.74, 6) is -0.580. The highest BCUT2D eigenvalue weighted by atomic mass is 32.2. The maximum absolute atomic E-state index is 12.5. The molecule has 2 aromatic carbocycles. The zero-order valence-electron chi connectivity index (χ0n) is 14.6. The van der Waals surface area contributed by atoms with Crippen molar-refractivity contribution in [2.75, 3.05) is 5.32 Å². The lowest BCUT2D eigenvalue weighted by molar-refractivity contribution is -0.117. The van der Waals surface area contributed by atoms with Crippen molar-refractivity contribution in [3.05, 3.63) is 63.2 Å². The molecule has 10 nitrogen and oxygen atoms in total. The Balaban J connectivity index is 1.60. The fourth-order valence-corrected chi connectivity index (χ4v) is 4.33. The van der Waals surface area contributed by atoms with Crippen molar-refractivity contribution >= 4 is 53.4 Å². The summed E-state index contributed by atoms with van der Waals surface area (Å²) in [5.41, 5.74) is -0.505. The number of rotatable bonds is 4. The number of sulfonamides is 1. The van der Waals surface area contributed by atoms with Crippen molar-refractivity contribution in [1.82, 2.24) is 14.8 Å². The Kier molecular flexibility index (Phi) is 4.53. The van der Waals surface area contributed by atoms with Crippen molar-refractivity contribution in [3.8, 4) is 0 Å². The molecule has 12 heteroatoms. The van der Waals surface area contributed by atoms with Crippen LogP contribution in [0.1, 0.15) is 0 Å². The highest BCUT2D eigenvalue weighted by molar-refractivity contribution is 7.89. The van der Waals surface area contributed by atoms with Gasteiger partial charge in [-0.3, -0.25) is 19.5 Å². The first-order valence-corrected chi connectivity index (χ1v) is 10.5. The number of amides is 1. The first kappa shape index (κ1) is 19.0. The Morgan fingerprint density at radius 3 is 2.62 bits per heavy atom. The van der Waals surface area contributed by atoms with Crippen molar-refractivity contribution in [1.29, 1.82) is 0 Å². The number of nitrogens with two attached hydrogens (primary N) is 1. The molecular formula is C17H13N5O5S2. The molecule has 29 heavy (non-hydrogen) atoms. The second kappa shape index (κ2) is 6.92. The molecule has 148 valence electrons. The molecule has 0 aliphatic carbocycles. The van der Waals surface area contributed by atoms with Crippen LogP contribution in [0.5, 0.6) is 0 Å². The van der Waals surface area contributed by atoms with Crippen LogP contribution in [0, 0.1) is 0 Å². The molecule has 0 saturated heterocycles. The summed E-state index contributed by atoms with van der Waals surface area (Å²) in [6.07, 6.45) is 0. The molecule has 0 radical (unpaired) electrons. The number of nitrogens with zero attached hydrogens (tertiary/aromatic N) is 2. The fourth-order valence-electron chi connectivity index (χ4n) is 2.80. The van der Waals surface area contributed by atoms with E-state index in [0.29, 0.717) is 10.2 Å². The molecule has 4 rings (SSSR count). The molecular weight excluding hydrogens is 418 g/mol. The number of anilines is 1. The minimum absolute atomic E-state index is 0.0631. The van der Waals surface area contributed by atoms with E-state index in [4.69, 9.17) is 5.14 Å². The van der Waals surface area contributed by atoms with E-state index in [0.717, 1.165) is 16.0 Å². The number of aromatic nitrogens is 3. The third kappa shape index (κ3) is 3.68. The second-order valence-electron chi connectivity index (χ2n) is 6.12. The molecule has 0 bridgehead atoms. The number of aromatic amines is 1. The van der Waals surface area contributed by atoms with E-state index in [1.165, 1.54) is 30.3 Å². The molecule has 0 saturated carbocycles. The smallest absolute Gasteiger partial charge is 0.273 e. The van der Waals surface area contributed by atoms with Gasteiger partial charge >= 0.3 is 0 Å². The summed E-state index contributed by atoms with van der Waals surface area (Å²) in [6.45, 7) is -0.419. The van der Waals surface area contributed by atoms with Crippen molar-refractivity contribution in [2.24, 2.45) is 5.14 Å². The van der Waals surface area contributed by atoms with Gasteiger partial charge in [-0.2, -0.15) is 0 Å². The van der Waals surface area contributed by atoms with E-state index in [-0.39, 0.29) is 20.8 Å². The molecule has 0 fully saturated rings. The fraction of sp³-hybridized carbons (Fsp3) is 0.0588. The van der Waals surface area contributed by atoms with Gasteiger partial charge in [0.15, 0.2) is 5.13 Å². The average molecular weight is 431 g/mol. The zero-order chi connectivity index (χ0) is 20.8. The normalized spacial score (nSPS) is 11.8. The van der Waals surface area contributed by atoms with Gasteiger partial charge in [0.05, 0.1) is 25.9 Å². The summed E-state index contributed by atoms with van der Waals surface area (Å²) < 4.78 is 24.3. The Morgan fingerprint density at radius 2 is 1.90 bits per heavy atom. The number of carbonyl (C=O) groups is 1. The summed E-state index contributed by atoms with van der Waals surface area (Å²) in [4.78, 5) is 41.1. The van der Waals surface area contributed by atoms with Crippen LogP contribution in [0.2, 0.25) is 0 Å². The van der Waals surface area contributed by atoms with E-state index >= 15 is 0 Å². The minimum atomic E-state index is -3.86. The summed E-state index contributed by atoms with van der Waals surface area (Å²) in [5, 5.41) is 10.7. The van der Waals surface area contributed by atoms with Gasteiger partial charge in [0, 0.05) is 0 Å². The highest BCUT2D eigenvalue weighted by Crippen LogP contribution is 2.27. The number of hydrogen-bond acceptors (Lipinski definition) is 7. The van der Waals surface area contributed by atoms with Gasteiger partial charge in [-0.05, 0) is 30.3 Å². The zero-order valence-corrected chi connectivity index (χ0v) is 16.2. The largest absolute Gasteiger partial charge is 0.300 e. The number of hydrogen-bond donors (Lipinski definition) is 3. The lowest BCUT2D eigenvalue weighted by Crippen LogP contribution is -2.34. The Morgan fingerprint density at radius 1 is 1.17 bits per heavy atom. The molecule has 0 aliphatic rings. The van der Waals surface area contributed by atoms with E-state index in [1.807, 2.05) is 0 Å². The van der Waals surface area contributed by atoms with Gasteiger partial charge in [0.25, 0.3) is 11.1 Å². The van der Waals surface area contributed by atoms with Crippen molar-refractivity contribution in [2.45, 2.75) is 11.4 Å². The molecule has 0 aliphatic heterocycles. The van der Waals surface area contributed by atoms with Gasteiger partial charge in [0.2, 0.25) is 15.9 Å². The summed E-state index contributed by atoms with van der Waals surface area (Å²) in [7, 11) is -3.86. The van der Waals surface area contributed by atoms with Gasteiger partial charge in [-0.25, -0.2) is 23.2 Å². The van der Waals surface area contributed by atoms with E-state index in [2.05, 4.69) is 15.4 Å². The second-order valence-corrected chi connectivity index (χ2v) is 8.71. The number of H-pyrrole nitrogens is 1. The minimum Gasteiger partial charge on any atom is -0.300 e. The maximum atomic E-state index is 12.5. The predicted molar refractivity (Wildman–Crippen MR) is 108 cm³/mol. The lowest BCUT2D eigenvalue weighted by atomic mass is 10.2. The SMILES string of the molecule is NS(=O)(=O)c1ccc2nc(NC(=O)Cn3[nH]c(=O)c4ccccc4c3=O)sc2c1. The first-order valence-electron chi connectivity index (χ1n) is 8.17. The van der Waals surface area contributed by atoms with Crippen LogP contribution in [0.15, 0.2) is 56.9 Å². The molecule has 2 aromatic heterocycles. The Labute approximate surface area is 166 Å². The van der Waals surface area contributed by atoms with E-state index < -0.39 is 33.6 Å². The quantitative estimate of drug-likeness (QED) is 0.429. The summed E-state index contributed by atoms with van der Waals surface area (Å²) in [6, 6.07) is 10.5. The van der Waals surface area contributed by atoms with Crippen molar-refractivity contribution < 1.29 is 13.2 Å². The Hall–Kier alpha value is -3.35. The van der Waals surface area contributed by atoms with E-state index in [1.54, 1.807) is 12.1 Å². The van der Waals surface area contributed by atoms with Crippen LogP contribution in [0.4, 0.5) is 5.13 Å². The molecule has 0 unspecified atom stereocenters. The number of nitrogens with one attached hydrogen (secondary N) is 2. The van der Waals surface area contributed by atoms with Gasteiger partial charge in [0.1, 0.15) is 6.54 Å². The van der Waals surface area contributed by atoms with Crippen LogP contribution in [-0.2, 0) is 21.4 Å². The third-order valence-corrected chi connectivity index (χ3v) is 5.96. The molecule has 2 heterocycles. The number of carbonyl (C=O) groups excluding carboxylic acids is 1. The first-order chi connectivity index (χ1) is 13.7. The predicted octanol–water partition coefficient (Wildman–Crippen LogP) is 0.586. The van der Waals surface area contributed by atoms with Crippen LogP contribution in [0.3, 0.4) is 0 Å². The van der Waals surface area contributed by atoms with Gasteiger partial charge < -0.3 is 5.32 Å². The monoisotopic (exact) mass is 431 g/mol. The third-order valence-electron chi connectivity index (χ3n) is 4.12. The number of benzene rings is 2. The molecule has 1 amide bonds. The maximum Gasteiger partial charge on any atom is 0.273 e. The Bertz CT molecular complexity index is 1500. The van der Waals surface area contributed by atoms with Crippen LogP contribution >= 0.6 is 11.3 Å². The summed E-state index contributed by atoms with van der Waals surface area (Å²) >= 11 is 1.05. The number of fused-ring (bicyclic) bond motifs is 2. The van der Waals surface area contributed by atoms with Crippen LogP contribution < -0.4 is 21.6 Å². The standard InChI is InChI=1S/C17H13N5O5S2/c18-29(26,27)9-5-6-12-13(7-9)28-17(19-12)20-14(23)8-22-16(25)11-4-2-1-3-10(11)15(24)21-22/h1-7H,8H2,(H,21,24)(H2,18,26,27)(H,19,20,23). The van der Waals surface area contributed by atoms with Crippen LogP contribution in [0.25, 0.3) is 21.0 Å². The highest BCUT2D eigenvalue weighted by Gasteiger charge is 2.14. The van der Waals surface area contributed by atoms with Gasteiger partial charge in [-0.15, -0.1) is 0 Å². The molecule has 4 N–H and O–H groups in total. The lowest BCUT2D eigenvalue weighted by Gasteiger charge is -2.06. The number of thiazole rings is 1. The average Bonchev–Trinajstić information content (AvgIpc) is 3.06. The molecule has 4 aromatic rings. The van der Waals surface area contributed by atoms with Crippen molar-refractivity contribution in [3.63, 3.8) is 0 Å². The van der Waals surface area contributed by atoms with Gasteiger partial charge in [-0.1, -0.05) is 23.5 Å². The van der Waals surface area contributed by atoms with Crippen LogP contribution in [-0.4, -0.2) is 29.1 Å². The molecule has 0 spiro atoms. The van der Waals surface area contributed by atoms with E-state index in [9.17, 15) is 22.8 Å². The topological polar surface area (TPSA) is 157 Å². The molecule has 0 atom stereocenters.